The molecule has 0 saturated carbocycles. The minimum Gasteiger partial charge on any atom is -0.481 e. The predicted octanol–water partition coefficient (Wildman–Crippen LogP) is -0.435. The van der Waals surface area contributed by atoms with E-state index in [-0.39, 0.29) is 37.5 Å². The molecule has 0 unspecified atom stereocenters. The van der Waals surface area contributed by atoms with E-state index in [4.69, 9.17) is 19.5 Å². The number of amides is 2. The Morgan fingerprint density at radius 2 is 1.14 bits per heavy atom. The summed E-state index contributed by atoms with van der Waals surface area (Å²) in [6, 6.07) is 7.09. The predicted molar refractivity (Wildman–Crippen MR) is 148 cm³/mol. The third-order valence-electron chi connectivity index (χ3n) is 6.62. The highest BCUT2D eigenvalue weighted by molar-refractivity contribution is 6.46. The number of nitrogens with zero attached hydrogens (tertiary/aromatic N) is 2. The number of nitrogens with one attached hydrogen (secondary N) is 2. The van der Waals surface area contributed by atoms with Gasteiger partial charge in [0.2, 0.25) is 11.8 Å². The molecule has 2 amide bonds. The first-order chi connectivity index (χ1) is 20.1. The zero-order chi connectivity index (χ0) is 30.5. The molecule has 42 heavy (non-hydrogen) atoms. The van der Waals surface area contributed by atoms with Crippen LogP contribution in [0.25, 0.3) is 0 Å². The number of hydrogen-bond donors (Lipinski definition) is 6. The molecule has 2 aromatic rings. The molecule has 4 heterocycles. The molecule has 0 bridgehead atoms. The highest BCUT2D eigenvalue weighted by atomic mass is 16.5. The van der Waals surface area contributed by atoms with E-state index in [9.17, 15) is 29.2 Å². The van der Waals surface area contributed by atoms with Crippen LogP contribution in [0.5, 0.6) is 0 Å². The summed E-state index contributed by atoms with van der Waals surface area (Å²) in [6.45, 7) is 0. The largest absolute Gasteiger partial charge is 0.481 e. The Kier molecular flexibility index (Phi) is 12.9. The summed E-state index contributed by atoms with van der Waals surface area (Å²) >= 11 is 0. The lowest BCUT2D eigenvalue weighted by Crippen LogP contribution is -2.53. The zero-order valence-electron chi connectivity index (χ0n) is 22.9. The lowest BCUT2D eigenvalue weighted by atomic mass is 9.72. The van der Waals surface area contributed by atoms with Gasteiger partial charge in [0, 0.05) is 24.8 Å². The van der Waals surface area contributed by atoms with Gasteiger partial charge in [-0.25, -0.2) is 0 Å². The van der Waals surface area contributed by atoms with Crippen LogP contribution in [0.4, 0.5) is 0 Å². The van der Waals surface area contributed by atoms with Crippen LogP contribution in [0.3, 0.4) is 0 Å². The number of carboxylic acid groups (broad SMARTS) is 2. The summed E-state index contributed by atoms with van der Waals surface area (Å²) in [5, 5.41) is 42.4. The molecule has 2 aliphatic rings. The minimum absolute atomic E-state index is 0.145. The minimum atomic E-state index is -1.18. The summed E-state index contributed by atoms with van der Waals surface area (Å²) < 4.78 is 10.4. The van der Waals surface area contributed by atoms with Gasteiger partial charge >= 0.3 is 26.2 Å². The molecule has 4 atom stereocenters. The van der Waals surface area contributed by atoms with Crippen molar-refractivity contribution in [3.05, 3.63) is 60.2 Å². The molecule has 16 heteroatoms. The van der Waals surface area contributed by atoms with Crippen LogP contribution < -0.4 is 10.6 Å². The Labute approximate surface area is 243 Å². The van der Waals surface area contributed by atoms with Crippen LogP contribution in [0.15, 0.2) is 49.1 Å². The maximum atomic E-state index is 11.9. The zero-order valence-corrected chi connectivity index (χ0v) is 22.9. The quantitative estimate of drug-likeness (QED) is 0.196. The van der Waals surface area contributed by atoms with Gasteiger partial charge in [0.15, 0.2) is 0 Å². The van der Waals surface area contributed by atoms with Crippen molar-refractivity contribution in [2.45, 2.75) is 75.5 Å². The lowest BCUT2D eigenvalue weighted by Gasteiger charge is -2.30. The normalized spacial score (nSPS) is 21.9. The summed E-state index contributed by atoms with van der Waals surface area (Å²) in [7, 11) is -2.36. The van der Waals surface area contributed by atoms with E-state index in [1.807, 2.05) is 0 Å². The maximum Gasteiger partial charge on any atom is 0.478 e. The molecule has 14 nitrogen and oxygen atoms in total. The van der Waals surface area contributed by atoms with Gasteiger partial charge in [-0.1, -0.05) is 12.1 Å². The third-order valence-corrected chi connectivity index (χ3v) is 6.62. The summed E-state index contributed by atoms with van der Waals surface area (Å²) in [5.41, 5.74) is 1.56. The molecular formula is C26H34B2N4O10. The second-order valence-electron chi connectivity index (χ2n) is 10.1. The van der Waals surface area contributed by atoms with Crippen LogP contribution >= 0.6 is 0 Å². The first kappa shape index (κ1) is 32.7. The third kappa shape index (κ3) is 11.6. The topological polar surface area (TPSA) is 218 Å². The number of aliphatic carboxylic acids is 2. The van der Waals surface area contributed by atoms with Gasteiger partial charge < -0.3 is 40.2 Å². The second-order valence-corrected chi connectivity index (χ2v) is 10.1. The van der Waals surface area contributed by atoms with E-state index in [0.717, 1.165) is 11.1 Å². The highest BCUT2D eigenvalue weighted by Gasteiger charge is 2.37. The highest BCUT2D eigenvalue weighted by Crippen LogP contribution is 2.20. The maximum absolute atomic E-state index is 11.9. The van der Waals surface area contributed by atoms with Crippen molar-refractivity contribution in [1.82, 2.24) is 20.6 Å². The Hall–Kier alpha value is -3.85. The summed E-state index contributed by atoms with van der Waals surface area (Å²) in [4.78, 5) is 52.8. The molecule has 0 aromatic carbocycles. The van der Waals surface area contributed by atoms with Crippen LogP contribution in [0, 0.1) is 0 Å². The van der Waals surface area contributed by atoms with Gasteiger partial charge in [-0.15, -0.1) is 0 Å². The molecule has 2 aromatic heterocycles. The SMILES string of the molecule is O=C(O)C[C@@H]1CC[C@H](NC(=O)Cc2cccnc2)B(O)O1.O=C(O)C[C@@H]1CC[C@H](NC(=O)Cc2cccnc2)B(O)O1. The van der Waals surface area contributed by atoms with Gasteiger partial charge in [-0.05, 0) is 48.9 Å². The van der Waals surface area contributed by atoms with Gasteiger partial charge in [0.05, 0.1) is 49.8 Å². The molecule has 2 fully saturated rings. The van der Waals surface area contributed by atoms with Crippen LogP contribution in [-0.4, -0.2) is 92.3 Å². The van der Waals surface area contributed by atoms with E-state index in [0.29, 0.717) is 25.7 Å². The lowest BCUT2D eigenvalue weighted by molar-refractivity contribution is -0.140. The van der Waals surface area contributed by atoms with Crippen molar-refractivity contribution in [2.75, 3.05) is 0 Å². The van der Waals surface area contributed by atoms with Crippen molar-refractivity contribution < 1.29 is 48.7 Å². The molecule has 6 N–H and O–H groups in total. The van der Waals surface area contributed by atoms with Gasteiger partial charge in [-0.2, -0.15) is 0 Å². The van der Waals surface area contributed by atoms with Crippen molar-refractivity contribution >= 4 is 38.0 Å². The number of carbonyl (C=O) groups is 4. The molecule has 0 radical (unpaired) electrons. The van der Waals surface area contributed by atoms with Gasteiger partial charge in [0.1, 0.15) is 0 Å². The average Bonchev–Trinajstić information content (AvgIpc) is 2.93. The first-order valence-electron chi connectivity index (χ1n) is 13.6. The van der Waals surface area contributed by atoms with Crippen molar-refractivity contribution in [1.29, 1.82) is 0 Å². The van der Waals surface area contributed by atoms with Crippen molar-refractivity contribution in [3.8, 4) is 0 Å². The smallest absolute Gasteiger partial charge is 0.478 e. The van der Waals surface area contributed by atoms with Crippen molar-refractivity contribution in [2.24, 2.45) is 0 Å². The van der Waals surface area contributed by atoms with Crippen LogP contribution in [0.2, 0.25) is 0 Å². The molecule has 0 aliphatic carbocycles. The van der Waals surface area contributed by atoms with Crippen LogP contribution in [-0.2, 0) is 41.3 Å². The molecule has 2 saturated heterocycles. The number of pyridine rings is 2. The molecular weight excluding hydrogens is 550 g/mol. The standard InChI is InChI=1S/2C13H17BN2O5/c2*17-12(6-9-2-1-5-15-8-9)16-11-4-3-10(7-13(18)19)21-14(11)20/h2*1-2,5,8,10-11,20H,3-4,6-7H2,(H,16,17)(H,18,19)/t2*10-,11-/m00/s1. The number of carbonyl (C=O) groups excluding carboxylic acids is 2. The Morgan fingerprint density at radius 1 is 0.738 bits per heavy atom. The van der Waals surface area contributed by atoms with E-state index in [1.54, 1.807) is 49.1 Å². The molecule has 224 valence electrons. The number of carboxylic acids is 2. The fourth-order valence-corrected chi connectivity index (χ4v) is 4.60. The fraction of sp³-hybridized carbons (Fsp3) is 0.462. The molecule has 4 rings (SSSR count). The Morgan fingerprint density at radius 3 is 1.45 bits per heavy atom. The van der Waals surface area contributed by atoms with Crippen molar-refractivity contribution in [3.63, 3.8) is 0 Å². The average molecular weight is 584 g/mol. The van der Waals surface area contributed by atoms with Gasteiger partial charge in [-0.3, -0.25) is 29.1 Å². The van der Waals surface area contributed by atoms with Crippen LogP contribution in [0.1, 0.15) is 49.7 Å². The van der Waals surface area contributed by atoms with E-state index >= 15 is 0 Å². The Balaban J connectivity index is 0.000000230. The fourth-order valence-electron chi connectivity index (χ4n) is 4.60. The van der Waals surface area contributed by atoms with E-state index in [1.165, 1.54) is 0 Å². The Bertz CT molecular complexity index is 1090. The van der Waals surface area contributed by atoms with Gasteiger partial charge in [0.25, 0.3) is 0 Å². The van der Waals surface area contributed by atoms with E-state index < -0.39 is 50.3 Å². The summed E-state index contributed by atoms with van der Waals surface area (Å²) in [5.74, 6) is -3.42. The number of aromatic nitrogens is 2. The number of rotatable bonds is 10. The second kappa shape index (κ2) is 16.6. The first-order valence-corrected chi connectivity index (χ1v) is 13.6. The van der Waals surface area contributed by atoms with E-state index in [2.05, 4.69) is 20.6 Å². The molecule has 2 aliphatic heterocycles. The monoisotopic (exact) mass is 584 g/mol. The number of hydrogen-bond acceptors (Lipinski definition) is 10. The summed E-state index contributed by atoms with van der Waals surface area (Å²) in [6.07, 6.45) is 7.45. The molecule has 0 spiro atoms.